The average molecular weight is 180 g/mol. The first-order chi connectivity index (χ1) is 4.90. The minimum atomic E-state index is 0. The summed E-state index contributed by atoms with van der Waals surface area (Å²) in [5.41, 5.74) is 0. The van der Waals surface area contributed by atoms with Crippen molar-refractivity contribution in [2.75, 3.05) is 19.7 Å². The Morgan fingerprint density at radius 3 is 2.91 bits per heavy atom. The molecule has 2 rings (SSSR count). The van der Waals surface area contributed by atoms with Gasteiger partial charge in [-0.25, -0.2) is 0 Å². The van der Waals surface area contributed by atoms with Crippen LogP contribution in [-0.2, 0) is 4.74 Å². The maximum atomic E-state index is 8.86. The molecule has 66 valence electrons. The quantitative estimate of drug-likeness (QED) is 0.585. The molecule has 2 aliphatic heterocycles. The Labute approximate surface area is 72.5 Å². The summed E-state index contributed by atoms with van der Waals surface area (Å²) in [7, 11) is 0. The van der Waals surface area contributed by atoms with Gasteiger partial charge in [0.2, 0.25) is 0 Å². The molecule has 0 saturated carbocycles. The van der Waals surface area contributed by atoms with Crippen LogP contribution >= 0.6 is 12.4 Å². The molecule has 0 amide bonds. The van der Waals surface area contributed by atoms with Crippen molar-refractivity contribution in [2.45, 2.75) is 18.6 Å². The number of aliphatic hydroxyl groups excluding tert-OH is 1. The van der Waals surface area contributed by atoms with Crippen molar-refractivity contribution >= 4 is 12.4 Å². The summed E-state index contributed by atoms with van der Waals surface area (Å²) in [4.78, 5) is 0. The van der Waals surface area contributed by atoms with Crippen molar-refractivity contribution in [3.63, 3.8) is 0 Å². The lowest BCUT2D eigenvalue weighted by molar-refractivity contribution is 0.0116. The van der Waals surface area contributed by atoms with Crippen LogP contribution in [-0.4, -0.2) is 37.0 Å². The molecule has 0 radical (unpaired) electrons. The standard InChI is InChI=1S/C7H13NO2.ClH/c9-4-7-5-1-6(10-7)3-8-2-5;/h5-9H,1-4H2;1H. The van der Waals surface area contributed by atoms with Crippen molar-refractivity contribution in [2.24, 2.45) is 5.92 Å². The SMILES string of the molecule is Cl.OCC1OC2CNCC1C2. The van der Waals surface area contributed by atoms with Gasteiger partial charge >= 0.3 is 0 Å². The number of hydrogen-bond donors (Lipinski definition) is 2. The van der Waals surface area contributed by atoms with Crippen LogP contribution in [0, 0.1) is 5.92 Å². The fourth-order valence-corrected chi connectivity index (χ4v) is 1.87. The number of piperidine rings is 1. The zero-order chi connectivity index (χ0) is 6.97. The number of rotatable bonds is 1. The molecule has 4 heteroatoms. The van der Waals surface area contributed by atoms with E-state index >= 15 is 0 Å². The van der Waals surface area contributed by atoms with Gasteiger partial charge in [-0.2, -0.15) is 0 Å². The predicted octanol–water partition coefficient (Wildman–Crippen LogP) is -0.223. The average Bonchev–Trinajstić information content (AvgIpc) is 2.26. The minimum Gasteiger partial charge on any atom is -0.394 e. The van der Waals surface area contributed by atoms with E-state index in [0.29, 0.717) is 12.0 Å². The molecule has 2 N–H and O–H groups in total. The van der Waals surface area contributed by atoms with Crippen LogP contribution in [0.25, 0.3) is 0 Å². The van der Waals surface area contributed by atoms with Gasteiger partial charge in [0.25, 0.3) is 0 Å². The fraction of sp³-hybridized carbons (Fsp3) is 1.00. The lowest BCUT2D eigenvalue weighted by atomic mass is 9.97. The van der Waals surface area contributed by atoms with Crippen LogP contribution in [0.3, 0.4) is 0 Å². The molecule has 11 heavy (non-hydrogen) atoms. The summed E-state index contributed by atoms with van der Waals surface area (Å²) >= 11 is 0. The van der Waals surface area contributed by atoms with Crippen LogP contribution < -0.4 is 5.32 Å². The van der Waals surface area contributed by atoms with E-state index < -0.39 is 0 Å². The molecule has 2 saturated heterocycles. The third kappa shape index (κ3) is 1.67. The zero-order valence-electron chi connectivity index (χ0n) is 6.32. The van der Waals surface area contributed by atoms with E-state index in [9.17, 15) is 0 Å². The molecule has 3 atom stereocenters. The van der Waals surface area contributed by atoms with E-state index in [2.05, 4.69) is 5.32 Å². The lowest BCUT2D eigenvalue weighted by Gasteiger charge is -2.17. The van der Waals surface area contributed by atoms with Gasteiger partial charge < -0.3 is 15.2 Å². The molecule has 0 aromatic carbocycles. The summed E-state index contributed by atoms with van der Waals surface area (Å²) in [6, 6.07) is 0. The van der Waals surface area contributed by atoms with Gasteiger partial charge in [0.1, 0.15) is 0 Å². The third-order valence-corrected chi connectivity index (χ3v) is 2.42. The number of ether oxygens (including phenoxy) is 1. The third-order valence-electron chi connectivity index (χ3n) is 2.42. The second-order valence-electron chi connectivity index (χ2n) is 3.13. The summed E-state index contributed by atoms with van der Waals surface area (Å²) in [6.45, 7) is 2.16. The second-order valence-corrected chi connectivity index (χ2v) is 3.13. The Morgan fingerprint density at radius 2 is 2.27 bits per heavy atom. The summed E-state index contributed by atoms with van der Waals surface area (Å²) in [5.74, 6) is 0.559. The predicted molar refractivity (Wildman–Crippen MR) is 44.0 cm³/mol. The Morgan fingerprint density at radius 1 is 1.45 bits per heavy atom. The van der Waals surface area contributed by atoms with Crippen LogP contribution in [0.2, 0.25) is 0 Å². The van der Waals surface area contributed by atoms with Crippen molar-refractivity contribution in [1.82, 2.24) is 5.32 Å². The Balaban J connectivity index is 0.000000605. The summed E-state index contributed by atoms with van der Waals surface area (Å²) in [6.07, 6.45) is 1.62. The second kappa shape index (κ2) is 3.72. The van der Waals surface area contributed by atoms with Crippen LogP contribution in [0.4, 0.5) is 0 Å². The highest BCUT2D eigenvalue weighted by molar-refractivity contribution is 5.85. The van der Waals surface area contributed by atoms with Crippen molar-refractivity contribution < 1.29 is 9.84 Å². The van der Waals surface area contributed by atoms with Crippen molar-refractivity contribution in [3.8, 4) is 0 Å². The number of aliphatic hydroxyl groups is 1. The molecule has 0 spiro atoms. The maximum absolute atomic E-state index is 8.86. The summed E-state index contributed by atoms with van der Waals surface area (Å²) in [5, 5.41) is 12.1. The topological polar surface area (TPSA) is 41.5 Å². The molecular weight excluding hydrogens is 166 g/mol. The maximum Gasteiger partial charge on any atom is 0.0851 e. The smallest absolute Gasteiger partial charge is 0.0851 e. The van der Waals surface area contributed by atoms with Gasteiger partial charge in [-0.1, -0.05) is 0 Å². The van der Waals surface area contributed by atoms with E-state index in [0.717, 1.165) is 19.5 Å². The van der Waals surface area contributed by atoms with E-state index in [-0.39, 0.29) is 25.1 Å². The lowest BCUT2D eigenvalue weighted by Crippen LogP contribution is -2.35. The number of hydrogen-bond acceptors (Lipinski definition) is 3. The molecular formula is C7H14ClNO2. The van der Waals surface area contributed by atoms with Gasteiger partial charge in [0, 0.05) is 19.0 Å². The molecule has 0 aromatic heterocycles. The van der Waals surface area contributed by atoms with Gasteiger partial charge in [-0.15, -0.1) is 12.4 Å². The van der Waals surface area contributed by atoms with Crippen molar-refractivity contribution in [1.29, 1.82) is 0 Å². The highest BCUT2D eigenvalue weighted by Gasteiger charge is 2.37. The van der Waals surface area contributed by atoms with E-state index in [4.69, 9.17) is 9.84 Å². The number of fused-ring (bicyclic) bond motifs is 2. The largest absolute Gasteiger partial charge is 0.394 e. The molecule has 0 aliphatic carbocycles. The zero-order valence-corrected chi connectivity index (χ0v) is 7.14. The number of halogens is 1. The van der Waals surface area contributed by atoms with Gasteiger partial charge in [0.15, 0.2) is 0 Å². The van der Waals surface area contributed by atoms with Crippen LogP contribution in [0.1, 0.15) is 6.42 Å². The van der Waals surface area contributed by atoms with Gasteiger partial charge in [0.05, 0.1) is 18.8 Å². The van der Waals surface area contributed by atoms with Gasteiger partial charge in [-0.05, 0) is 6.42 Å². The van der Waals surface area contributed by atoms with E-state index in [1.54, 1.807) is 0 Å². The minimum absolute atomic E-state index is 0. The normalized spacial score (nSPS) is 41.7. The molecule has 3 nitrogen and oxygen atoms in total. The first-order valence-corrected chi connectivity index (χ1v) is 3.87. The van der Waals surface area contributed by atoms with Crippen molar-refractivity contribution in [3.05, 3.63) is 0 Å². The summed E-state index contributed by atoms with van der Waals surface area (Å²) < 4.78 is 5.52. The Bertz CT molecular complexity index is 134. The van der Waals surface area contributed by atoms with Crippen LogP contribution in [0.15, 0.2) is 0 Å². The molecule has 0 aromatic rings. The Kier molecular flexibility index (Phi) is 3.13. The first-order valence-electron chi connectivity index (χ1n) is 3.87. The first kappa shape index (κ1) is 9.26. The fourth-order valence-electron chi connectivity index (χ4n) is 1.87. The van der Waals surface area contributed by atoms with E-state index in [1.807, 2.05) is 0 Å². The van der Waals surface area contributed by atoms with Gasteiger partial charge in [-0.3, -0.25) is 0 Å². The molecule has 2 fully saturated rings. The highest BCUT2D eigenvalue weighted by Crippen LogP contribution is 2.28. The highest BCUT2D eigenvalue weighted by atomic mass is 35.5. The molecule has 2 heterocycles. The number of nitrogens with one attached hydrogen (secondary N) is 1. The molecule has 2 bridgehead atoms. The molecule has 2 aliphatic rings. The monoisotopic (exact) mass is 179 g/mol. The van der Waals surface area contributed by atoms with Crippen LogP contribution in [0.5, 0.6) is 0 Å². The Hall–Kier alpha value is 0.170. The molecule has 3 unspecified atom stereocenters. The van der Waals surface area contributed by atoms with E-state index in [1.165, 1.54) is 0 Å².